The van der Waals surface area contributed by atoms with Gasteiger partial charge in [-0.2, -0.15) is 0 Å². The summed E-state index contributed by atoms with van der Waals surface area (Å²) in [5.74, 6) is 2.98. The highest BCUT2D eigenvalue weighted by Gasteiger charge is 2.70. The van der Waals surface area contributed by atoms with Crippen molar-refractivity contribution in [2.45, 2.75) is 122 Å². The highest BCUT2D eigenvalue weighted by atomic mass is 79.9. The Bertz CT molecular complexity index is 797. The Morgan fingerprint density at radius 1 is 1.09 bits per heavy atom. The molecule has 0 aromatic carbocycles. The van der Waals surface area contributed by atoms with E-state index in [0.29, 0.717) is 11.8 Å². The van der Waals surface area contributed by atoms with Crippen LogP contribution in [0.1, 0.15) is 106 Å². The molecule has 0 radical (unpaired) electrons. The third-order valence-corrected chi connectivity index (χ3v) is 12.2. The molecule has 0 aliphatic heterocycles. The Morgan fingerprint density at radius 2 is 1.79 bits per heavy atom. The molecule has 5 heteroatoms. The second kappa shape index (κ2) is 9.47. The fraction of sp³-hybridized carbons (Fsp3) is 0.931. The zero-order valence-electron chi connectivity index (χ0n) is 22.2. The molecule has 0 aromatic heterocycles. The van der Waals surface area contributed by atoms with E-state index in [1.807, 2.05) is 0 Å². The predicted octanol–water partition coefficient (Wildman–Crippen LogP) is 6.71. The summed E-state index contributed by atoms with van der Waals surface area (Å²) >= 11 is 3.85. The monoisotopic (exact) mass is 538 g/mol. The highest BCUT2D eigenvalue weighted by Crippen LogP contribution is 2.69. The lowest BCUT2D eigenvalue weighted by Crippen LogP contribution is -2.70. The summed E-state index contributed by atoms with van der Waals surface area (Å²) in [6, 6.07) is 0. The van der Waals surface area contributed by atoms with Crippen LogP contribution in [0.25, 0.3) is 0 Å². The van der Waals surface area contributed by atoms with Crippen LogP contribution in [-0.2, 0) is 14.3 Å². The normalized spacial score (nSPS) is 47.0. The Balaban J connectivity index is 1.57. The molecule has 0 saturated heterocycles. The van der Waals surface area contributed by atoms with E-state index < -0.39 is 11.0 Å². The third kappa shape index (κ3) is 4.13. The van der Waals surface area contributed by atoms with E-state index in [1.165, 1.54) is 45.4 Å². The molecule has 4 nitrogen and oxygen atoms in total. The molecule has 0 amide bonds. The number of ketones is 1. The summed E-state index contributed by atoms with van der Waals surface area (Å²) in [7, 11) is 0. The molecule has 0 aromatic rings. The van der Waals surface area contributed by atoms with Gasteiger partial charge in [-0.3, -0.25) is 9.59 Å². The quantitative estimate of drug-likeness (QED) is 0.301. The molecule has 0 heterocycles. The van der Waals surface area contributed by atoms with Crippen molar-refractivity contribution < 1.29 is 19.4 Å². The van der Waals surface area contributed by atoms with Crippen molar-refractivity contribution in [1.29, 1.82) is 0 Å². The summed E-state index contributed by atoms with van der Waals surface area (Å²) in [6.45, 7) is 13.2. The zero-order valence-corrected chi connectivity index (χ0v) is 23.8. The van der Waals surface area contributed by atoms with Gasteiger partial charge in [0.2, 0.25) is 0 Å². The number of fused-ring (bicyclic) bond motifs is 5. The van der Waals surface area contributed by atoms with E-state index in [0.717, 1.165) is 37.0 Å². The summed E-state index contributed by atoms with van der Waals surface area (Å²) in [6.07, 6.45) is 10.0. The minimum Gasteiger partial charge on any atom is -0.462 e. The minimum atomic E-state index is -1.42. The number of carbonyl (C=O) groups is 2. The fourth-order valence-electron chi connectivity index (χ4n) is 9.32. The maximum atomic E-state index is 13.8. The lowest BCUT2D eigenvalue weighted by molar-refractivity contribution is -0.215. The number of alkyl halides is 1. The Hall–Kier alpha value is -0.420. The first-order chi connectivity index (χ1) is 15.8. The molecule has 10 atom stereocenters. The van der Waals surface area contributed by atoms with Gasteiger partial charge >= 0.3 is 5.97 Å². The number of carbonyl (C=O) groups excluding carboxylic acids is 2. The second-order valence-electron chi connectivity index (χ2n) is 13.3. The summed E-state index contributed by atoms with van der Waals surface area (Å²) in [5.41, 5.74) is -1.58. The van der Waals surface area contributed by atoms with Crippen LogP contribution in [0.4, 0.5) is 0 Å². The molecule has 1 N–H and O–H groups in total. The van der Waals surface area contributed by atoms with Crippen LogP contribution in [0.2, 0.25) is 0 Å². The lowest BCUT2D eigenvalue weighted by atomic mass is 9.42. The molecular weight excluding hydrogens is 492 g/mol. The summed E-state index contributed by atoms with van der Waals surface area (Å²) in [4.78, 5) is 25.1. The van der Waals surface area contributed by atoms with Gasteiger partial charge in [0.1, 0.15) is 11.7 Å². The van der Waals surface area contributed by atoms with E-state index in [2.05, 4.69) is 50.5 Å². The average Bonchev–Trinajstić information content (AvgIpc) is 3.10. The van der Waals surface area contributed by atoms with Crippen molar-refractivity contribution in [3.8, 4) is 0 Å². The standard InChI is InChI=1S/C29H47BrO4/c1-17(2)8-7-9-18(3)21-10-11-22-24-23(13-14-27(21,22)5)28(6)15-12-20(34-19(4)31)16-29(28,33)26(32)25(24)30/h17-18,20-25,33H,7-16H2,1-6H3/t18-,20-,21-,22+,23+,24+,25+,27-,28-,29+/m1/s1. The Kier molecular flexibility index (Phi) is 7.42. The second-order valence-corrected chi connectivity index (χ2v) is 14.3. The van der Waals surface area contributed by atoms with Crippen LogP contribution in [0.5, 0.6) is 0 Å². The molecule has 4 aliphatic carbocycles. The van der Waals surface area contributed by atoms with Crippen LogP contribution >= 0.6 is 15.9 Å². The minimum absolute atomic E-state index is 0.0641. The van der Waals surface area contributed by atoms with Gasteiger partial charge in [-0.1, -0.05) is 69.8 Å². The summed E-state index contributed by atoms with van der Waals surface area (Å²) < 4.78 is 5.48. The van der Waals surface area contributed by atoms with Crippen molar-refractivity contribution in [1.82, 2.24) is 0 Å². The average molecular weight is 540 g/mol. The molecule has 4 rings (SSSR count). The van der Waals surface area contributed by atoms with Gasteiger partial charge in [0.05, 0.1) is 4.83 Å². The topological polar surface area (TPSA) is 63.6 Å². The van der Waals surface area contributed by atoms with Gasteiger partial charge in [-0.05, 0) is 79.4 Å². The van der Waals surface area contributed by atoms with Gasteiger partial charge in [0.25, 0.3) is 0 Å². The first-order valence-electron chi connectivity index (χ1n) is 13.9. The molecule has 4 fully saturated rings. The number of hydrogen-bond donors (Lipinski definition) is 1. The van der Waals surface area contributed by atoms with E-state index in [9.17, 15) is 14.7 Å². The van der Waals surface area contributed by atoms with Crippen molar-refractivity contribution >= 4 is 27.7 Å². The molecule has 0 spiro atoms. The first-order valence-corrected chi connectivity index (χ1v) is 14.8. The van der Waals surface area contributed by atoms with Crippen molar-refractivity contribution in [3.63, 3.8) is 0 Å². The summed E-state index contributed by atoms with van der Waals surface area (Å²) in [5, 5.41) is 11.9. The fourth-order valence-corrected chi connectivity index (χ4v) is 10.4. The largest absolute Gasteiger partial charge is 0.462 e. The zero-order chi connectivity index (χ0) is 25.1. The first kappa shape index (κ1) is 26.6. The van der Waals surface area contributed by atoms with Gasteiger partial charge in [-0.25, -0.2) is 0 Å². The molecule has 194 valence electrons. The third-order valence-electron chi connectivity index (χ3n) is 11.1. The van der Waals surface area contributed by atoms with E-state index >= 15 is 0 Å². The Labute approximate surface area is 215 Å². The SMILES string of the molecule is CC(=O)O[C@@H]1CC[C@]2(C)[C@H]3CC[C@]4(C)[C@@H]([C@H](C)CCCC(C)C)CC[C@H]4[C@@H]3[C@H](Br)C(=O)[C@@]2(O)C1. The number of aliphatic hydroxyl groups is 1. The van der Waals surface area contributed by atoms with Crippen LogP contribution in [-0.4, -0.2) is 33.4 Å². The van der Waals surface area contributed by atoms with Gasteiger partial charge < -0.3 is 9.84 Å². The number of esters is 1. The number of hydrogen-bond acceptors (Lipinski definition) is 4. The van der Waals surface area contributed by atoms with Crippen LogP contribution in [0, 0.1) is 46.3 Å². The van der Waals surface area contributed by atoms with Gasteiger partial charge in [0.15, 0.2) is 5.78 Å². The van der Waals surface area contributed by atoms with Gasteiger partial charge in [-0.15, -0.1) is 0 Å². The molecule has 34 heavy (non-hydrogen) atoms. The van der Waals surface area contributed by atoms with Crippen molar-refractivity contribution in [3.05, 3.63) is 0 Å². The van der Waals surface area contributed by atoms with Crippen LogP contribution in [0.15, 0.2) is 0 Å². The lowest BCUT2D eigenvalue weighted by Gasteiger charge is -2.64. The molecule has 0 unspecified atom stereocenters. The van der Waals surface area contributed by atoms with Crippen molar-refractivity contribution in [2.24, 2.45) is 46.3 Å². The van der Waals surface area contributed by atoms with E-state index in [4.69, 9.17) is 4.74 Å². The van der Waals surface area contributed by atoms with Crippen molar-refractivity contribution in [2.75, 3.05) is 0 Å². The highest BCUT2D eigenvalue weighted by molar-refractivity contribution is 9.10. The molecule has 4 aliphatic rings. The Morgan fingerprint density at radius 3 is 2.44 bits per heavy atom. The maximum absolute atomic E-state index is 13.8. The predicted molar refractivity (Wildman–Crippen MR) is 139 cm³/mol. The smallest absolute Gasteiger partial charge is 0.302 e. The van der Waals surface area contributed by atoms with Crippen LogP contribution < -0.4 is 0 Å². The number of Topliss-reactive ketones (excluding diaryl/α,β-unsaturated/α-hetero) is 1. The van der Waals surface area contributed by atoms with Crippen LogP contribution in [0.3, 0.4) is 0 Å². The molecular formula is C29H47BrO4. The maximum Gasteiger partial charge on any atom is 0.302 e. The number of rotatable bonds is 6. The van der Waals surface area contributed by atoms with E-state index in [-0.39, 0.29) is 40.4 Å². The molecule has 0 bridgehead atoms. The number of halogens is 1. The van der Waals surface area contributed by atoms with Gasteiger partial charge in [0, 0.05) is 18.8 Å². The molecule has 4 saturated carbocycles. The number of ether oxygens (including phenoxy) is 1. The van der Waals surface area contributed by atoms with E-state index in [1.54, 1.807) is 0 Å².